The van der Waals surface area contributed by atoms with Gasteiger partial charge in [0.2, 0.25) is 0 Å². The van der Waals surface area contributed by atoms with Crippen LogP contribution in [0.25, 0.3) is 0 Å². The van der Waals surface area contributed by atoms with E-state index in [4.69, 9.17) is 114 Å². The number of ether oxygens (including phenoxy) is 16. The van der Waals surface area contributed by atoms with Gasteiger partial charge in [-0.05, 0) is 35.2 Å². The zero-order valence-corrected chi connectivity index (χ0v) is 75.1. The van der Waals surface area contributed by atoms with Gasteiger partial charge in [-0.2, -0.15) is 132 Å². The first-order valence-corrected chi connectivity index (χ1v) is 49.0. The van der Waals surface area contributed by atoms with Crippen molar-refractivity contribution in [1.29, 1.82) is 0 Å². The van der Waals surface area contributed by atoms with Crippen LogP contribution in [0.1, 0.15) is 60.3 Å². The predicted octanol–water partition coefficient (Wildman–Crippen LogP) is -6.90. The average Bonchev–Trinajstić information content (AvgIpc) is 0.772. The molecule has 0 aliphatic carbocycles. The zero-order valence-electron chi connectivity index (χ0n) is 68.5. The Labute approximate surface area is 755 Å². The van der Waals surface area contributed by atoms with E-state index >= 15 is 0 Å². The molecule has 26 heterocycles. The monoisotopic (exact) mass is 1970 g/mol. The first kappa shape index (κ1) is 114. The molecule has 26 rings (SSSR count). The maximum Gasteiger partial charge on any atom is 0.373 e. The number of thioether (sulfide) groups is 8. The fourth-order valence-corrected chi connectivity index (χ4v) is 21.0. The third-order valence-electron chi connectivity index (χ3n) is 20.3. The molecule has 26 saturated heterocycles. The SMILES string of the molecule is CCCSCC1O[C@@H]2O[C@@H]3C(CSCCC(=O)O)O[C@H](O[C@@H]4C(CSCCC(=O)O)O[C@H](O[C@@H]5C(CSCCC(=O)O)O[C@H](O[C@@H]6C(CSCC)O[C@H](O[C@@H]7C(O)[C@@H](OC(CSCC)[C@H]7O)O[C@@H]7C(CSCC)O[C@H](O[C@@H]8C(CSCC)O[C@H](O[C@H]1[C@H](O)C2O)C(O)[C@H]8O)C(O)[C@H]7O)C(O)[C@H]6O)C(O)[C@H]5O)C(O)[C@H]4O)C(O)[C@H]3O.O=C=O.O=C=O.O=C=O.O=C=O. The first-order valence-electron chi connectivity index (χ1n) is 39.7. The second kappa shape index (κ2) is 59.3. The van der Waals surface area contributed by atoms with Crippen molar-refractivity contribution in [3.63, 3.8) is 0 Å². The van der Waals surface area contributed by atoms with E-state index in [-0.39, 0.29) is 107 Å². The lowest BCUT2D eigenvalue weighted by Crippen LogP contribution is -2.68. The van der Waals surface area contributed by atoms with Gasteiger partial charge in [-0.3, -0.25) is 14.4 Å². The summed E-state index contributed by atoms with van der Waals surface area (Å²) in [5, 5.41) is 223. The molecule has 26 aliphatic heterocycles. The van der Waals surface area contributed by atoms with Crippen molar-refractivity contribution >= 4 is 137 Å². The van der Waals surface area contributed by atoms with Crippen molar-refractivity contribution in [2.24, 2.45) is 0 Å². The topological polar surface area (TPSA) is 720 Å². The van der Waals surface area contributed by atoms with Crippen LogP contribution in [0.5, 0.6) is 0 Å². The molecule has 16 unspecified atom stereocenters. The van der Waals surface area contributed by atoms with Crippen molar-refractivity contribution in [2.75, 3.05) is 92.0 Å². The number of hydrogen-bond acceptors (Lipinski definition) is 51. The predicted molar refractivity (Wildman–Crippen MR) is 433 cm³/mol. The largest absolute Gasteiger partial charge is 0.481 e. The summed E-state index contributed by atoms with van der Waals surface area (Å²) < 4.78 is 102. The molecule has 19 N–H and O–H groups in total. The van der Waals surface area contributed by atoms with Crippen LogP contribution in [0, 0.1) is 0 Å². The van der Waals surface area contributed by atoms with Gasteiger partial charge in [-0.1, -0.05) is 34.6 Å². The molecule has 726 valence electrons. The van der Waals surface area contributed by atoms with Crippen LogP contribution in [0.4, 0.5) is 0 Å². The van der Waals surface area contributed by atoms with Crippen LogP contribution >= 0.6 is 94.1 Å². The van der Waals surface area contributed by atoms with E-state index in [0.29, 0.717) is 35.2 Å². The van der Waals surface area contributed by atoms with Crippen molar-refractivity contribution in [1.82, 2.24) is 0 Å². The van der Waals surface area contributed by atoms with Crippen molar-refractivity contribution in [3.8, 4) is 0 Å². The van der Waals surface area contributed by atoms with E-state index in [0.717, 1.165) is 35.3 Å². The quantitative estimate of drug-likeness (QED) is 0.0287. The number of carboxylic acids is 3. The van der Waals surface area contributed by atoms with Gasteiger partial charge < -0.3 is 173 Å². The molecule has 54 heteroatoms. The highest BCUT2D eigenvalue weighted by atomic mass is 32.2. The molecule has 0 aromatic rings. The number of rotatable bonds is 31. The third kappa shape index (κ3) is 32.9. The smallest absolute Gasteiger partial charge is 0.373 e. The summed E-state index contributed by atoms with van der Waals surface area (Å²) >= 11 is 9.46. The zero-order chi connectivity index (χ0) is 93.8. The summed E-state index contributed by atoms with van der Waals surface area (Å²) in [4.78, 5) is 100. The molecular formula is C72H114O46S8. The van der Waals surface area contributed by atoms with Gasteiger partial charge in [0.1, 0.15) is 146 Å². The lowest BCUT2D eigenvalue weighted by Gasteiger charge is -2.50. The molecule has 26 aliphatic rings. The van der Waals surface area contributed by atoms with Crippen LogP contribution in [0.2, 0.25) is 0 Å². The molecule has 40 atom stereocenters. The summed E-state index contributed by atoms with van der Waals surface area (Å²) in [7, 11) is 0. The van der Waals surface area contributed by atoms with Crippen molar-refractivity contribution < 1.29 is 226 Å². The lowest BCUT2D eigenvalue weighted by atomic mass is 9.95. The minimum Gasteiger partial charge on any atom is -0.481 e. The Morgan fingerprint density at radius 1 is 0.214 bits per heavy atom. The van der Waals surface area contributed by atoms with E-state index in [2.05, 4.69) is 0 Å². The van der Waals surface area contributed by atoms with Crippen molar-refractivity contribution in [3.05, 3.63) is 0 Å². The molecule has 126 heavy (non-hydrogen) atoms. The molecule has 16 bridgehead atoms. The van der Waals surface area contributed by atoms with Gasteiger partial charge in [0.25, 0.3) is 0 Å². The Hall–Kier alpha value is -2.55. The minimum absolute atomic E-state index is 0.00298. The molecular weight excluding hydrogens is 1860 g/mol. The van der Waals surface area contributed by atoms with E-state index in [1.165, 1.54) is 58.8 Å². The molecule has 0 radical (unpaired) electrons. The van der Waals surface area contributed by atoms with Crippen LogP contribution in [-0.4, -0.2) is 477 Å². The van der Waals surface area contributed by atoms with Crippen LogP contribution in [0.3, 0.4) is 0 Å². The summed E-state index contributed by atoms with van der Waals surface area (Å²) in [5.41, 5.74) is 0. The number of carbonyl (C=O) groups is 3. The Morgan fingerprint density at radius 3 is 0.556 bits per heavy atom. The van der Waals surface area contributed by atoms with E-state index in [1.807, 2.05) is 27.7 Å². The maximum absolute atomic E-state index is 12.3. The number of aliphatic hydroxyl groups is 16. The molecule has 0 amide bonds. The summed E-state index contributed by atoms with van der Waals surface area (Å²) in [6.07, 6.45) is -72.0. The fraction of sp³-hybridized carbons (Fsp3) is 0.903. The van der Waals surface area contributed by atoms with Crippen LogP contribution in [0.15, 0.2) is 0 Å². The molecule has 0 spiro atoms. The molecule has 0 aromatic carbocycles. The molecule has 46 nitrogen and oxygen atoms in total. The highest BCUT2D eigenvalue weighted by Gasteiger charge is 2.61. The fourth-order valence-electron chi connectivity index (χ4n) is 14.2. The standard InChI is InChI=1S/C68H114O38S8.4CO2/c1-6-14-111-22-30-56-40(78)47(85)63(95-30)102-57-32(24-113-16-12-35(71)72)97-65(49(87)42(57)80)104-59-33(25-114-17-13-36(73)74)98-66(50(88)43(59)81)103-58-31(23-112-15-11-34(69)70)96-64(48(86)41(58)79)100-54-28(20-109-9-4)94-67(51(89)44(54)82)106-60-37(75)26(18-107-7-2)91-68(52(60)90)105-55-29(21-110-10-5)93-61(46(84)39(55)77)99-53-27(19-108-8-3)92-62(101-56)45(83)38(53)76;4*2-1-3/h26-33,37-68,75-90H,6-25H2,1-5H3,(H,69,70)(H,71,72)(H,73,74);;;;/t26?,27?,28?,29?,30?,31?,32?,33?,37-,38-,39-,40-,41-,42-,43-,44-,45?,46?,47?,48?,49?,50?,51?,52?,53-,54-,55-,56-,57-,58-,59-,60+,61-,62-,63-,64-,65-,66-,67-,68+;;;;/m1..../s1. The first-order chi connectivity index (χ1) is 60.1. The van der Waals surface area contributed by atoms with E-state index < -0.39 is 264 Å². The minimum atomic E-state index is -2.20. The lowest BCUT2D eigenvalue weighted by molar-refractivity contribution is -0.392. The number of aliphatic carboxylic acids is 3. The number of carbonyl (C=O) groups excluding carboxylic acids is 8. The Bertz CT molecular complexity index is 3220. The average molecular weight is 1970 g/mol. The van der Waals surface area contributed by atoms with Crippen molar-refractivity contribution in [2.45, 2.75) is 306 Å². The summed E-state index contributed by atoms with van der Waals surface area (Å²) in [5.74, 6) is -2.02. The highest BCUT2D eigenvalue weighted by Crippen LogP contribution is 2.43. The van der Waals surface area contributed by atoms with Crippen LogP contribution < -0.4 is 0 Å². The van der Waals surface area contributed by atoms with Gasteiger partial charge in [0, 0.05) is 63.3 Å². The van der Waals surface area contributed by atoms with Gasteiger partial charge in [-0.25, -0.2) is 0 Å². The second-order valence-electron chi connectivity index (χ2n) is 28.7. The molecule has 26 fully saturated rings. The third-order valence-corrected chi connectivity index (χ3v) is 28.6. The summed E-state index contributed by atoms with van der Waals surface area (Å²) in [6.45, 7) is 9.19. The van der Waals surface area contributed by atoms with Crippen LogP contribution in [-0.2, 0) is 129 Å². The van der Waals surface area contributed by atoms with E-state index in [9.17, 15) is 111 Å². The normalized spacial score (nSPS) is 41.3. The Kier molecular flexibility index (Phi) is 53.7. The molecule has 0 saturated carbocycles. The Morgan fingerprint density at radius 2 is 0.373 bits per heavy atom. The van der Waals surface area contributed by atoms with Gasteiger partial charge in [0.15, 0.2) is 50.3 Å². The Balaban J connectivity index is 0.00000222. The number of aliphatic hydroxyl groups excluding tert-OH is 16. The summed E-state index contributed by atoms with van der Waals surface area (Å²) in [6, 6.07) is 0. The van der Waals surface area contributed by atoms with E-state index in [1.54, 1.807) is 6.92 Å². The maximum atomic E-state index is 12.3. The number of hydrogen-bond donors (Lipinski definition) is 19. The van der Waals surface area contributed by atoms with Gasteiger partial charge in [-0.15, -0.1) is 0 Å². The van der Waals surface area contributed by atoms with Gasteiger partial charge >= 0.3 is 42.5 Å². The van der Waals surface area contributed by atoms with Gasteiger partial charge in [0.05, 0.1) is 68.1 Å². The molecule has 0 aromatic heterocycles. The number of carboxylic acid groups (broad SMARTS) is 3. The second-order valence-corrected chi connectivity index (χ2v) is 38.6. The highest BCUT2D eigenvalue weighted by molar-refractivity contribution is 8.00.